The van der Waals surface area contributed by atoms with Crippen LogP contribution in [0.2, 0.25) is 0 Å². The molecule has 2 aliphatic rings. The summed E-state index contributed by atoms with van der Waals surface area (Å²) in [7, 11) is 0. The molecule has 11 nitrogen and oxygen atoms in total. The van der Waals surface area contributed by atoms with Crippen molar-refractivity contribution in [3.05, 3.63) is 119 Å². The van der Waals surface area contributed by atoms with E-state index in [4.69, 9.17) is 4.74 Å². The summed E-state index contributed by atoms with van der Waals surface area (Å²) in [6, 6.07) is 27.2. The van der Waals surface area contributed by atoms with Crippen molar-refractivity contribution in [3.63, 3.8) is 0 Å². The number of hydrogen-bond acceptors (Lipinski definition) is 8. The van der Waals surface area contributed by atoms with Crippen LogP contribution in [0.15, 0.2) is 91.0 Å². The van der Waals surface area contributed by atoms with Crippen LogP contribution in [-0.2, 0) is 20.9 Å². The quantitative estimate of drug-likeness (QED) is 0.0406. The van der Waals surface area contributed by atoms with Crippen LogP contribution < -0.4 is 20.7 Å². The molecular formula is C45H50N4O7. The molecule has 5 N–H and O–H groups in total. The molecule has 56 heavy (non-hydrogen) atoms. The highest BCUT2D eigenvalue weighted by Crippen LogP contribution is 2.36. The van der Waals surface area contributed by atoms with Gasteiger partial charge in [-0.1, -0.05) is 68.7 Å². The molecule has 4 aromatic carbocycles. The third kappa shape index (κ3) is 9.95. The van der Waals surface area contributed by atoms with Gasteiger partial charge in [0.05, 0.1) is 6.54 Å². The predicted molar refractivity (Wildman–Crippen MR) is 216 cm³/mol. The molecule has 4 amide bonds. The molecule has 0 saturated carbocycles. The number of fused-ring (bicyclic) bond motifs is 1. The minimum Gasteiger partial charge on any atom is -0.508 e. The van der Waals surface area contributed by atoms with Gasteiger partial charge in [0.1, 0.15) is 29.9 Å². The van der Waals surface area contributed by atoms with Crippen LogP contribution in [0.1, 0.15) is 97.3 Å². The Morgan fingerprint density at radius 3 is 2.12 bits per heavy atom. The van der Waals surface area contributed by atoms with Crippen molar-refractivity contribution in [2.75, 3.05) is 25.0 Å². The fraction of sp³-hybridized carbons (Fsp3) is 0.333. The van der Waals surface area contributed by atoms with Crippen molar-refractivity contribution in [2.45, 2.75) is 77.3 Å². The number of phenolic OH excluding ortho intramolecular Hbond substituents is 2. The molecule has 4 aromatic rings. The van der Waals surface area contributed by atoms with Gasteiger partial charge >= 0.3 is 0 Å². The highest BCUT2D eigenvalue weighted by molar-refractivity contribution is 6.06. The van der Waals surface area contributed by atoms with E-state index in [-0.39, 0.29) is 35.6 Å². The van der Waals surface area contributed by atoms with Gasteiger partial charge in [0.15, 0.2) is 0 Å². The Bertz CT molecular complexity index is 2040. The van der Waals surface area contributed by atoms with E-state index in [1.165, 1.54) is 0 Å². The molecule has 0 radical (unpaired) electrons. The van der Waals surface area contributed by atoms with Crippen molar-refractivity contribution in [3.8, 4) is 17.2 Å². The lowest BCUT2D eigenvalue weighted by Gasteiger charge is -2.29. The van der Waals surface area contributed by atoms with Crippen LogP contribution in [0.5, 0.6) is 17.2 Å². The van der Waals surface area contributed by atoms with Gasteiger partial charge in [0, 0.05) is 42.7 Å². The van der Waals surface area contributed by atoms with Crippen molar-refractivity contribution in [2.24, 2.45) is 0 Å². The van der Waals surface area contributed by atoms with Gasteiger partial charge in [-0.3, -0.25) is 24.5 Å². The number of aromatic hydroxyl groups is 2. The molecule has 2 aliphatic heterocycles. The SMILES string of the molecule is CCC(=C(c1ccc(O)cc1)c1ccc(OCCNC(=O)CCCCCCCNc2cccc3c2CN(C2CCC(=O)NC2=O)C3=O)cc1)c1ccc(O)cc1. The molecule has 2 heterocycles. The summed E-state index contributed by atoms with van der Waals surface area (Å²) < 4.78 is 5.94. The fourth-order valence-corrected chi connectivity index (χ4v) is 7.41. The second-order valence-electron chi connectivity index (χ2n) is 14.2. The highest BCUT2D eigenvalue weighted by Gasteiger charge is 2.39. The summed E-state index contributed by atoms with van der Waals surface area (Å²) >= 11 is 0. The zero-order valence-corrected chi connectivity index (χ0v) is 31.8. The molecule has 11 heteroatoms. The molecular weight excluding hydrogens is 709 g/mol. The number of benzene rings is 4. The molecule has 1 saturated heterocycles. The standard InChI is InChI=1S/C45H50N4O7/c1-2-36(30-12-18-33(50)19-13-30)43(31-14-20-34(51)21-15-31)32-16-22-35(23-17-32)56-28-27-47-41(52)11-6-4-3-5-7-26-46-39-10-8-9-37-38(39)29-49(45(37)55)40-24-25-42(53)48-44(40)54/h8-10,12-23,40,46,50-51H,2-7,11,24-29H2,1H3,(H,47,52)(H,48,53,54). The van der Waals surface area contributed by atoms with Gasteiger partial charge in [0.25, 0.3) is 5.91 Å². The number of rotatable bonds is 18. The lowest BCUT2D eigenvalue weighted by atomic mass is 9.88. The summed E-state index contributed by atoms with van der Waals surface area (Å²) in [5, 5.41) is 28.5. The zero-order valence-electron chi connectivity index (χ0n) is 31.8. The predicted octanol–water partition coefficient (Wildman–Crippen LogP) is 7.18. The smallest absolute Gasteiger partial charge is 0.255 e. The maximum Gasteiger partial charge on any atom is 0.255 e. The number of phenols is 2. The average Bonchev–Trinajstić information content (AvgIpc) is 3.54. The normalized spacial score (nSPS) is 15.6. The fourth-order valence-electron chi connectivity index (χ4n) is 7.41. The van der Waals surface area contributed by atoms with Gasteiger partial charge in [-0.05, 0) is 102 Å². The first-order valence-corrected chi connectivity index (χ1v) is 19.5. The number of unbranched alkanes of at least 4 members (excludes halogenated alkanes) is 4. The number of imide groups is 1. The molecule has 292 valence electrons. The van der Waals surface area contributed by atoms with Gasteiger partial charge in [-0.15, -0.1) is 0 Å². The van der Waals surface area contributed by atoms with E-state index in [1.807, 2.05) is 60.7 Å². The van der Waals surface area contributed by atoms with Gasteiger partial charge < -0.3 is 30.5 Å². The molecule has 0 aliphatic carbocycles. The Labute approximate surface area is 327 Å². The third-order valence-electron chi connectivity index (χ3n) is 10.3. The average molecular weight is 759 g/mol. The molecule has 0 aromatic heterocycles. The topological polar surface area (TPSA) is 157 Å². The monoisotopic (exact) mass is 758 g/mol. The van der Waals surface area contributed by atoms with Crippen LogP contribution in [0.25, 0.3) is 11.1 Å². The van der Waals surface area contributed by atoms with Crippen LogP contribution in [0, 0.1) is 0 Å². The van der Waals surface area contributed by atoms with E-state index in [0.29, 0.717) is 43.9 Å². The molecule has 0 spiro atoms. The van der Waals surface area contributed by atoms with E-state index in [1.54, 1.807) is 35.2 Å². The molecule has 0 bridgehead atoms. The number of allylic oxidation sites excluding steroid dienone is 1. The molecule has 1 atom stereocenters. The Morgan fingerprint density at radius 1 is 0.804 bits per heavy atom. The molecule has 6 rings (SSSR count). The number of carbonyl (C=O) groups excluding carboxylic acids is 4. The van der Waals surface area contributed by atoms with Gasteiger partial charge in [0.2, 0.25) is 17.7 Å². The minimum absolute atomic E-state index is 0.00875. The van der Waals surface area contributed by atoms with E-state index in [0.717, 1.165) is 84.2 Å². The van der Waals surface area contributed by atoms with Gasteiger partial charge in [-0.2, -0.15) is 0 Å². The van der Waals surface area contributed by atoms with E-state index in [9.17, 15) is 29.4 Å². The van der Waals surface area contributed by atoms with Crippen LogP contribution in [0.4, 0.5) is 5.69 Å². The van der Waals surface area contributed by atoms with Crippen LogP contribution >= 0.6 is 0 Å². The Morgan fingerprint density at radius 2 is 1.45 bits per heavy atom. The third-order valence-corrected chi connectivity index (χ3v) is 10.3. The maximum absolute atomic E-state index is 13.1. The summed E-state index contributed by atoms with van der Waals surface area (Å²) in [5.41, 5.74) is 7.49. The zero-order chi connectivity index (χ0) is 39.4. The number of hydrogen-bond donors (Lipinski definition) is 5. The maximum atomic E-state index is 13.1. The van der Waals surface area contributed by atoms with E-state index < -0.39 is 11.9 Å². The number of carbonyl (C=O) groups is 4. The summed E-state index contributed by atoms with van der Waals surface area (Å²) in [5.74, 6) is 0.233. The van der Waals surface area contributed by atoms with Gasteiger partial charge in [-0.25, -0.2) is 0 Å². The van der Waals surface area contributed by atoms with E-state index in [2.05, 4.69) is 22.9 Å². The summed E-state index contributed by atoms with van der Waals surface area (Å²) in [6.07, 6.45) is 6.55. The largest absolute Gasteiger partial charge is 0.508 e. The van der Waals surface area contributed by atoms with Crippen molar-refractivity contribution < 1.29 is 34.1 Å². The second-order valence-corrected chi connectivity index (χ2v) is 14.2. The number of ether oxygens (including phenoxy) is 1. The first-order chi connectivity index (χ1) is 27.2. The first-order valence-electron chi connectivity index (χ1n) is 19.5. The summed E-state index contributed by atoms with van der Waals surface area (Å²) in [6.45, 7) is 3.95. The minimum atomic E-state index is -0.630. The lowest BCUT2D eigenvalue weighted by molar-refractivity contribution is -0.137. The van der Waals surface area contributed by atoms with Crippen LogP contribution in [-0.4, -0.2) is 64.5 Å². The Kier molecular flexibility index (Phi) is 13.4. The number of nitrogens with zero attached hydrogens (tertiary/aromatic N) is 1. The van der Waals surface area contributed by atoms with Crippen molar-refractivity contribution in [1.29, 1.82) is 0 Å². The Balaban J connectivity index is 0.877. The number of nitrogens with one attached hydrogen (secondary N) is 3. The number of piperidine rings is 1. The summed E-state index contributed by atoms with van der Waals surface area (Å²) in [4.78, 5) is 51.0. The second kappa shape index (κ2) is 19.0. The first kappa shape index (κ1) is 39.6. The lowest BCUT2D eigenvalue weighted by Crippen LogP contribution is -2.52. The van der Waals surface area contributed by atoms with Crippen LogP contribution in [0.3, 0.4) is 0 Å². The highest BCUT2D eigenvalue weighted by atomic mass is 16.5. The van der Waals surface area contributed by atoms with Crippen molar-refractivity contribution >= 4 is 40.5 Å². The van der Waals surface area contributed by atoms with Crippen molar-refractivity contribution in [1.82, 2.24) is 15.5 Å². The number of anilines is 1. The Hall–Kier alpha value is -6.10. The molecule has 1 fully saturated rings. The molecule has 1 unspecified atom stereocenters. The van der Waals surface area contributed by atoms with E-state index >= 15 is 0 Å². The number of amides is 4.